The summed E-state index contributed by atoms with van der Waals surface area (Å²) in [6, 6.07) is 5.06. The Morgan fingerprint density at radius 2 is 2.00 bits per heavy atom. The molecule has 0 saturated heterocycles. The van der Waals surface area contributed by atoms with E-state index >= 15 is 0 Å². The molecule has 0 saturated carbocycles. The molecule has 1 atom stereocenters. The molecule has 2 aromatic rings. The molecule has 1 aromatic carbocycles. The van der Waals surface area contributed by atoms with Crippen LogP contribution in [0.15, 0.2) is 24.4 Å². The van der Waals surface area contributed by atoms with Crippen LogP contribution in [-0.4, -0.2) is 9.78 Å². The molecule has 4 heteroatoms. The van der Waals surface area contributed by atoms with Crippen LogP contribution in [-0.2, 0) is 7.05 Å². The Labute approximate surface area is 107 Å². The van der Waals surface area contributed by atoms with Gasteiger partial charge in [-0.25, -0.2) is 4.39 Å². The van der Waals surface area contributed by atoms with Crippen LogP contribution in [0.25, 0.3) is 0 Å². The van der Waals surface area contributed by atoms with E-state index in [1.807, 2.05) is 40.1 Å². The van der Waals surface area contributed by atoms with E-state index in [0.29, 0.717) is 0 Å². The van der Waals surface area contributed by atoms with Gasteiger partial charge in [-0.2, -0.15) is 5.10 Å². The Hall–Kier alpha value is -1.84. The molecule has 2 rings (SSSR count). The van der Waals surface area contributed by atoms with Gasteiger partial charge in [-0.05, 0) is 44.5 Å². The molecule has 0 aliphatic carbocycles. The molecule has 0 aliphatic rings. The normalized spacial score (nSPS) is 12.5. The van der Waals surface area contributed by atoms with Crippen LogP contribution >= 0.6 is 0 Å². The van der Waals surface area contributed by atoms with Gasteiger partial charge in [-0.15, -0.1) is 0 Å². The van der Waals surface area contributed by atoms with Crippen LogP contribution in [0.1, 0.15) is 29.8 Å². The lowest BCUT2D eigenvalue weighted by molar-refractivity contribution is 0.626. The van der Waals surface area contributed by atoms with Gasteiger partial charge in [0.2, 0.25) is 0 Å². The fraction of sp³-hybridized carbons (Fsp3) is 0.357. The largest absolute Gasteiger partial charge is 0.378 e. The monoisotopic (exact) mass is 247 g/mol. The van der Waals surface area contributed by atoms with Crippen LogP contribution < -0.4 is 5.32 Å². The molecule has 0 radical (unpaired) electrons. The van der Waals surface area contributed by atoms with Crippen molar-refractivity contribution < 1.29 is 4.39 Å². The highest BCUT2D eigenvalue weighted by molar-refractivity contribution is 5.48. The Kier molecular flexibility index (Phi) is 3.36. The van der Waals surface area contributed by atoms with Crippen LogP contribution in [0.3, 0.4) is 0 Å². The maximum absolute atomic E-state index is 13.3. The van der Waals surface area contributed by atoms with Crippen molar-refractivity contribution in [2.24, 2.45) is 7.05 Å². The molecule has 0 bridgehead atoms. The van der Waals surface area contributed by atoms with Crippen LogP contribution in [0.4, 0.5) is 10.1 Å². The lowest BCUT2D eigenvalue weighted by atomic mass is 10.1. The Bertz CT molecular complexity index is 540. The molecular weight excluding hydrogens is 229 g/mol. The predicted octanol–water partition coefficient (Wildman–Crippen LogP) is 3.35. The number of nitrogens with zero attached hydrogens (tertiary/aromatic N) is 2. The molecule has 0 aliphatic heterocycles. The van der Waals surface area contributed by atoms with Gasteiger partial charge in [0.25, 0.3) is 0 Å². The number of rotatable bonds is 3. The summed E-state index contributed by atoms with van der Waals surface area (Å²) in [5.41, 5.74) is 3.82. The quantitative estimate of drug-likeness (QED) is 0.901. The molecule has 0 amide bonds. The number of anilines is 1. The third-order valence-corrected chi connectivity index (χ3v) is 2.94. The zero-order chi connectivity index (χ0) is 13.3. The van der Waals surface area contributed by atoms with Gasteiger partial charge in [-0.1, -0.05) is 0 Å². The van der Waals surface area contributed by atoms with E-state index in [1.54, 1.807) is 4.68 Å². The molecule has 3 nitrogen and oxygen atoms in total. The number of hydrogen-bond acceptors (Lipinski definition) is 2. The van der Waals surface area contributed by atoms with E-state index in [4.69, 9.17) is 0 Å². The van der Waals surface area contributed by atoms with Crippen molar-refractivity contribution in [3.8, 4) is 0 Å². The smallest absolute Gasteiger partial charge is 0.125 e. The summed E-state index contributed by atoms with van der Waals surface area (Å²) in [5, 5.41) is 7.61. The minimum atomic E-state index is -0.215. The van der Waals surface area contributed by atoms with Crippen molar-refractivity contribution in [3.63, 3.8) is 0 Å². The van der Waals surface area contributed by atoms with E-state index in [2.05, 4.69) is 10.4 Å². The number of aromatic nitrogens is 2. The number of aryl methyl sites for hydroxylation is 3. The third kappa shape index (κ3) is 2.70. The van der Waals surface area contributed by atoms with Gasteiger partial charge in [0.05, 0.1) is 11.7 Å². The van der Waals surface area contributed by atoms with Gasteiger partial charge in [0.1, 0.15) is 5.82 Å². The fourth-order valence-corrected chi connectivity index (χ4v) is 2.19. The SMILES string of the molecule is Cc1cc(F)cc(NC(C)c2cn(C)nc2C)c1. The van der Waals surface area contributed by atoms with Gasteiger partial charge < -0.3 is 5.32 Å². The first kappa shape index (κ1) is 12.6. The molecule has 0 fully saturated rings. The van der Waals surface area contributed by atoms with E-state index in [1.165, 1.54) is 12.1 Å². The standard InChI is InChI=1S/C14H18FN3/c1-9-5-12(15)7-13(6-9)16-10(2)14-8-18(4)17-11(14)3/h5-8,10,16H,1-4H3. The summed E-state index contributed by atoms with van der Waals surface area (Å²) in [6.45, 7) is 5.91. The minimum absolute atomic E-state index is 0.0971. The van der Waals surface area contributed by atoms with Crippen LogP contribution in [0.5, 0.6) is 0 Å². The first-order valence-electron chi connectivity index (χ1n) is 5.99. The lowest BCUT2D eigenvalue weighted by Crippen LogP contribution is -2.07. The second-order valence-corrected chi connectivity index (χ2v) is 4.73. The predicted molar refractivity (Wildman–Crippen MR) is 71.1 cm³/mol. The van der Waals surface area contributed by atoms with Crippen molar-refractivity contribution in [3.05, 3.63) is 47.0 Å². The molecule has 1 N–H and O–H groups in total. The van der Waals surface area contributed by atoms with E-state index in [0.717, 1.165) is 22.5 Å². The van der Waals surface area contributed by atoms with Crippen LogP contribution in [0.2, 0.25) is 0 Å². The maximum atomic E-state index is 13.3. The Balaban J connectivity index is 2.20. The molecular formula is C14H18FN3. The van der Waals surface area contributed by atoms with Crippen molar-refractivity contribution in [1.82, 2.24) is 9.78 Å². The third-order valence-electron chi connectivity index (χ3n) is 2.94. The maximum Gasteiger partial charge on any atom is 0.125 e. The molecule has 1 aromatic heterocycles. The highest BCUT2D eigenvalue weighted by Crippen LogP contribution is 2.22. The lowest BCUT2D eigenvalue weighted by Gasteiger charge is -2.15. The van der Waals surface area contributed by atoms with Gasteiger partial charge in [0, 0.05) is 24.5 Å². The average Bonchev–Trinajstić information content (AvgIpc) is 2.56. The van der Waals surface area contributed by atoms with Crippen molar-refractivity contribution in [1.29, 1.82) is 0 Å². The first-order chi connectivity index (χ1) is 8.45. The van der Waals surface area contributed by atoms with Crippen molar-refractivity contribution in [2.75, 3.05) is 5.32 Å². The fourth-order valence-electron chi connectivity index (χ4n) is 2.19. The summed E-state index contributed by atoms with van der Waals surface area (Å²) >= 11 is 0. The number of benzene rings is 1. The highest BCUT2D eigenvalue weighted by atomic mass is 19.1. The van der Waals surface area contributed by atoms with Crippen LogP contribution in [0, 0.1) is 19.7 Å². The van der Waals surface area contributed by atoms with Crippen molar-refractivity contribution >= 4 is 5.69 Å². The van der Waals surface area contributed by atoms with Gasteiger partial charge in [-0.3, -0.25) is 4.68 Å². The molecule has 1 unspecified atom stereocenters. The topological polar surface area (TPSA) is 29.9 Å². The number of hydrogen-bond donors (Lipinski definition) is 1. The second-order valence-electron chi connectivity index (χ2n) is 4.73. The second kappa shape index (κ2) is 4.80. The summed E-state index contributed by atoms with van der Waals surface area (Å²) in [4.78, 5) is 0. The molecule has 18 heavy (non-hydrogen) atoms. The molecule has 0 spiro atoms. The van der Waals surface area contributed by atoms with Crippen molar-refractivity contribution in [2.45, 2.75) is 26.8 Å². The van der Waals surface area contributed by atoms with E-state index in [-0.39, 0.29) is 11.9 Å². The zero-order valence-corrected chi connectivity index (χ0v) is 11.2. The van der Waals surface area contributed by atoms with Gasteiger partial charge in [0.15, 0.2) is 0 Å². The first-order valence-corrected chi connectivity index (χ1v) is 5.99. The minimum Gasteiger partial charge on any atom is -0.378 e. The summed E-state index contributed by atoms with van der Waals surface area (Å²) in [7, 11) is 1.90. The Morgan fingerprint density at radius 1 is 1.28 bits per heavy atom. The molecule has 1 heterocycles. The summed E-state index contributed by atoms with van der Waals surface area (Å²) in [5.74, 6) is -0.215. The summed E-state index contributed by atoms with van der Waals surface area (Å²) in [6.07, 6.45) is 1.99. The average molecular weight is 247 g/mol. The number of nitrogens with one attached hydrogen (secondary N) is 1. The van der Waals surface area contributed by atoms with E-state index in [9.17, 15) is 4.39 Å². The highest BCUT2D eigenvalue weighted by Gasteiger charge is 2.11. The Morgan fingerprint density at radius 3 is 2.56 bits per heavy atom. The van der Waals surface area contributed by atoms with Gasteiger partial charge >= 0.3 is 0 Å². The zero-order valence-electron chi connectivity index (χ0n) is 11.2. The van der Waals surface area contributed by atoms with E-state index < -0.39 is 0 Å². The summed E-state index contributed by atoms with van der Waals surface area (Å²) < 4.78 is 15.1. The number of halogens is 1. The molecule has 96 valence electrons.